The van der Waals surface area contributed by atoms with Gasteiger partial charge < -0.3 is 10.2 Å². The van der Waals surface area contributed by atoms with Gasteiger partial charge in [0.1, 0.15) is 11.9 Å². The first-order chi connectivity index (χ1) is 7.13. The summed E-state index contributed by atoms with van der Waals surface area (Å²) >= 11 is 0. The van der Waals surface area contributed by atoms with Gasteiger partial charge in [-0.3, -0.25) is 10.1 Å². The van der Waals surface area contributed by atoms with Crippen molar-refractivity contribution >= 4 is 5.97 Å². The Hall–Kier alpha value is -1.53. The second-order valence-corrected chi connectivity index (χ2v) is 3.09. The Bertz CT molecular complexity index is 326. The van der Waals surface area contributed by atoms with E-state index in [4.69, 9.17) is 10.2 Å². The maximum atomic E-state index is 10.6. The van der Waals surface area contributed by atoms with Gasteiger partial charge in [0, 0.05) is 24.5 Å². The van der Waals surface area contributed by atoms with Gasteiger partial charge in [0.25, 0.3) is 0 Å². The van der Waals surface area contributed by atoms with E-state index in [1.165, 1.54) is 0 Å². The molecule has 3 N–H and O–H groups in total. The van der Waals surface area contributed by atoms with E-state index in [1.54, 1.807) is 19.3 Å². The lowest BCUT2D eigenvalue weighted by molar-refractivity contribution is -0.140. The second kappa shape index (κ2) is 5.38. The molecule has 82 valence electrons. The SMILES string of the molecule is Cc1ncc(CN[C@@H](CO)C(=O)O)cn1. The number of carboxylic acid groups (broad SMARTS) is 1. The average molecular weight is 211 g/mol. The molecule has 0 saturated carbocycles. The zero-order valence-electron chi connectivity index (χ0n) is 8.34. The van der Waals surface area contributed by atoms with E-state index in [-0.39, 0.29) is 0 Å². The topological polar surface area (TPSA) is 95.3 Å². The lowest BCUT2D eigenvalue weighted by Gasteiger charge is -2.10. The molecule has 0 aliphatic carbocycles. The second-order valence-electron chi connectivity index (χ2n) is 3.09. The van der Waals surface area contributed by atoms with Crippen LogP contribution < -0.4 is 5.32 Å². The molecule has 15 heavy (non-hydrogen) atoms. The Kier molecular flexibility index (Phi) is 4.14. The smallest absolute Gasteiger partial charge is 0.323 e. The van der Waals surface area contributed by atoms with E-state index in [0.717, 1.165) is 5.56 Å². The van der Waals surface area contributed by atoms with Gasteiger partial charge in [0.05, 0.1) is 6.61 Å². The Labute approximate surface area is 87.0 Å². The van der Waals surface area contributed by atoms with Crippen LogP contribution in [-0.2, 0) is 11.3 Å². The first kappa shape index (κ1) is 11.5. The van der Waals surface area contributed by atoms with Crippen LogP contribution in [0.5, 0.6) is 0 Å². The van der Waals surface area contributed by atoms with Crippen LogP contribution in [0.2, 0.25) is 0 Å². The number of carbonyl (C=O) groups is 1. The number of hydrogen-bond donors (Lipinski definition) is 3. The van der Waals surface area contributed by atoms with E-state index >= 15 is 0 Å². The first-order valence-corrected chi connectivity index (χ1v) is 4.48. The molecule has 1 heterocycles. The highest BCUT2D eigenvalue weighted by Crippen LogP contribution is 1.95. The van der Waals surface area contributed by atoms with Gasteiger partial charge in [-0.25, -0.2) is 9.97 Å². The highest BCUT2D eigenvalue weighted by Gasteiger charge is 2.14. The summed E-state index contributed by atoms with van der Waals surface area (Å²) in [5.41, 5.74) is 0.778. The molecule has 6 nitrogen and oxygen atoms in total. The monoisotopic (exact) mass is 211 g/mol. The van der Waals surface area contributed by atoms with Crippen molar-refractivity contribution in [3.05, 3.63) is 23.8 Å². The fourth-order valence-electron chi connectivity index (χ4n) is 0.982. The summed E-state index contributed by atoms with van der Waals surface area (Å²) in [5.74, 6) is -0.416. The molecule has 0 aliphatic heterocycles. The molecule has 0 aromatic carbocycles. The molecule has 0 saturated heterocycles. The van der Waals surface area contributed by atoms with Crippen molar-refractivity contribution in [2.75, 3.05) is 6.61 Å². The first-order valence-electron chi connectivity index (χ1n) is 4.48. The maximum Gasteiger partial charge on any atom is 0.323 e. The van der Waals surface area contributed by atoms with E-state index in [9.17, 15) is 4.79 Å². The van der Waals surface area contributed by atoms with Gasteiger partial charge in [-0.2, -0.15) is 0 Å². The van der Waals surface area contributed by atoms with Crippen LogP contribution in [0.1, 0.15) is 11.4 Å². The Morgan fingerprint density at radius 3 is 2.60 bits per heavy atom. The van der Waals surface area contributed by atoms with Crippen molar-refractivity contribution in [3.8, 4) is 0 Å². The highest BCUT2D eigenvalue weighted by atomic mass is 16.4. The average Bonchev–Trinajstić information content (AvgIpc) is 2.21. The number of aryl methyl sites for hydroxylation is 1. The minimum absolute atomic E-state index is 0.317. The van der Waals surface area contributed by atoms with E-state index in [1.807, 2.05) is 0 Å². The van der Waals surface area contributed by atoms with Crippen LogP contribution >= 0.6 is 0 Å². The van der Waals surface area contributed by atoms with Gasteiger partial charge in [-0.15, -0.1) is 0 Å². The molecule has 1 atom stereocenters. The van der Waals surface area contributed by atoms with Crippen LogP contribution in [0.3, 0.4) is 0 Å². The van der Waals surface area contributed by atoms with Gasteiger partial charge in [0.2, 0.25) is 0 Å². The Morgan fingerprint density at radius 1 is 1.53 bits per heavy atom. The number of nitrogens with zero attached hydrogens (tertiary/aromatic N) is 2. The van der Waals surface area contributed by atoms with Crippen LogP contribution in [-0.4, -0.2) is 38.8 Å². The van der Waals surface area contributed by atoms with Crippen molar-refractivity contribution in [2.24, 2.45) is 0 Å². The summed E-state index contributed by atoms with van der Waals surface area (Å²) in [6.45, 7) is 1.64. The molecule has 0 amide bonds. The predicted octanol–water partition coefficient (Wildman–Crippen LogP) is -0.680. The van der Waals surface area contributed by atoms with Gasteiger partial charge in [-0.1, -0.05) is 0 Å². The zero-order valence-corrected chi connectivity index (χ0v) is 8.34. The molecule has 1 aromatic heterocycles. The standard InChI is InChI=1S/C9H13N3O3/c1-6-10-2-7(3-11-6)4-12-8(5-13)9(14)15/h2-3,8,12-13H,4-5H2,1H3,(H,14,15)/t8-/m0/s1. The minimum atomic E-state index is -1.08. The largest absolute Gasteiger partial charge is 0.480 e. The van der Waals surface area contributed by atoms with Crippen molar-refractivity contribution in [1.82, 2.24) is 15.3 Å². The summed E-state index contributed by atoms with van der Waals surface area (Å²) in [6, 6.07) is -0.952. The molecule has 0 spiro atoms. The summed E-state index contributed by atoms with van der Waals surface area (Å²) in [7, 11) is 0. The van der Waals surface area contributed by atoms with Crippen LogP contribution in [0, 0.1) is 6.92 Å². The van der Waals surface area contributed by atoms with Crippen molar-refractivity contribution in [3.63, 3.8) is 0 Å². The molecule has 0 bridgehead atoms. The number of nitrogens with one attached hydrogen (secondary N) is 1. The molecular formula is C9H13N3O3. The maximum absolute atomic E-state index is 10.6. The lowest BCUT2D eigenvalue weighted by Crippen LogP contribution is -2.39. The fraction of sp³-hybridized carbons (Fsp3) is 0.444. The third-order valence-electron chi connectivity index (χ3n) is 1.87. The van der Waals surface area contributed by atoms with Crippen LogP contribution in [0.25, 0.3) is 0 Å². The van der Waals surface area contributed by atoms with Gasteiger partial charge in [0.15, 0.2) is 0 Å². The Morgan fingerprint density at radius 2 is 2.13 bits per heavy atom. The fourth-order valence-corrected chi connectivity index (χ4v) is 0.982. The minimum Gasteiger partial charge on any atom is -0.480 e. The molecule has 1 rings (SSSR count). The lowest BCUT2D eigenvalue weighted by atomic mass is 10.3. The van der Waals surface area contributed by atoms with E-state index in [2.05, 4.69) is 15.3 Å². The van der Waals surface area contributed by atoms with Gasteiger partial charge >= 0.3 is 5.97 Å². The predicted molar refractivity (Wildman–Crippen MR) is 52.1 cm³/mol. The van der Waals surface area contributed by atoms with Crippen molar-refractivity contribution in [1.29, 1.82) is 0 Å². The third-order valence-corrected chi connectivity index (χ3v) is 1.87. The number of hydrogen-bond acceptors (Lipinski definition) is 5. The normalized spacial score (nSPS) is 12.4. The number of aliphatic hydroxyl groups is 1. The van der Waals surface area contributed by atoms with E-state index < -0.39 is 18.6 Å². The third kappa shape index (κ3) is 3.61. The van der Waals surface area contributed by atoms with Crippen LogP contribution in [0.4, 0.5) is 0 Å². The quantitative estimate of drug-likeness (QED) is 0.597. The summed E-state index contributed by atoms with van der Waals surface area (Å²) in [6.07, 6.45) is 3.23. The summed E-state index contributed by atoms with van der Waals surface area (Å²) in [4.78, 5) is 18.5. The number of carboxylic acids is 1. The number of aliphatic hydroxyl groups excluding tert-OH is 1. The molecule has 0 fully saturated rings. The highest BCUT2D eigenvalue weighted by molar-refractivity contribution is 5.73. The molecule has 0 radical (unpaired) electrons. The summed E-state index contributed by atoms with van der Waals surface area (Å²) < 4.78 is 0. The Balaban J connectivity index is 2.49. The van der Waals surface area contributed by atoms with Crippen LogP contribution in [0.15, 0.2) is 12.4 Å². The number of aliphatic carboxylic acids is 1. The summed E-state index contributed by atoms with van der Waals surface area (Å²) in [5, 5.41) is 20.1. The molecule has 0 aliphatic rings. The van der Waals surface area contributed by atoms with Gasteiger partial charge in [-0.05, 0) is 6.92 Å². The molecular weight excluding hydrogens is 198 g/mol. The molecule has 6 heteroatoms. The van der Waals surface area contributed by atoms with Crippen molar-refractivity contribution < 1.29 is 15.0 Å². The van der Waals surface area contributed by atoms with E-state index in [0.29, 0.717) is 12.4 Å². The molecule has 0 unspecified atom stereocenters. The number of rotatable bonds is 5. The zero-order chi connectivity index (χ0) is 11.3. The molecule has 1 aromatic rings. The van der Waals surface area contributed by atoms with Crippen molar-refractivity contribution in [2.45, 2.75) is 19.5 Å². The number of aromatic nitrogens is 2.